The fourth-order valence-electron chi connectivity index (χ4n) is 2.54. The summed E-state index contributed by atoms with van der Waals surface area (Å²) in [6.07, 6.45) is 0.939. The molecule has 1 heterocycles. The quantitative estimate of drug-likeness (QED) is 0.895. The minimum atomic E-state index is 0.126. The smallest absolute Gasteiger partial charge is 0.227 e. The lowest BCUT2D eigenvalue weighted by molar-refractivity contribution is -0.134. The Hall–Kier alpha value is -1.55. The molecule has 0 aliphatic carbocycles. The average Bonchev–Trinajstić information content (AvgIpc) is 2.92. The van der Waals surface area contributed by atoms with Gasteiger partial charge in [-0.25, -0.2) is 0 Å². The summed E-state index contributed by atoms with van der Waals surface area (Å²) in [6, 6.07) is 6.06. The lowest BCUT2D eigenvalue weighted by Crippen LogP contribution is -2.33. The molecule has 1 amide bonds. The Labute approximate surface area is 114 Å². The van der Waals surface area contributed by atoms with Gasteiger partial charge in [0.05, 0.1) is 13.0 Å². The van der Waals surface area contributed by atoms with Crippen molar-refractivity contribution >= 4 is 5.91 Å². The number of ether oxygens (including phenoxy) is 1. The van der Waals surface area contributed by atoms with E-state index in [0.717, 1.165) is 30.8 Å². The number of carbonyl (C=O) groups is 1. The largest absolute Gasteiger partial charge is 0.496 e. The molecule has 1 aromatic rings. The standard InChI is InChI=1S/C15H22N2O2/c1-11-4-5-14(19-3)13(8-11)10-17(2)15(18)12-6-7-16-9-12/h4-5,8,12,16H,6-7,9-10H2,1-3H3. The third kappa shape index (κ3) is 3.26. The van der Waals surface area contributed by atoms with E-state index >= 15 is 0 Å². The first-order valence-electron chi connectivity index (χ1n) is 6.71. The summed E-state index contributed by atoms with van der Waals surface area (Å²) in [4.78, 5) is 14.1. The molecule has 1 aliphatic rings. The van der Waals surface area contributed by atoms with Crippen molar-refractivity contribution < 1.29 is 9.53 Å². The van der Waals surface area contributed by atoms with Gasteiger partial charge < -0.3 is 15.0 Å². The molecule has 0 aromatic heterocycles. The highest BCUT2D eigenvalue weighted by atomic mass is 16.5. The molecule has 4 heteroatoms. The normalized spacial score (nSPS) is 18.4. The second kappa shape index (κ2) is 6.06. The van der Waals surface area contributed by atoms with Gasteiger partial charge in [0.25, 0.3) is 0 Å². The van der Waals surface area contributed by atoms with E-state index in [4.69, 9.17) is 4.74 Å². The van der Waals surface area contributed by atoms with Crippen molar-refractivity contribution in [2.75, 3.05) is 27.2 Å². The van der Waals surface area contributed by atoms with E-state index in [2.05, 4.69) is 11.4 Å². The number of rotatable bonds is 4. The number of hydrogen-bond donors (Lipinski definition) is 1. The molecule has 1 atom stereocenters. The highest BCUT2D eigenvalue weighted by molar-refractivity contribution is 5.79. The number of amides is 1. The van der Waals surface area contributed by atoms with E-state index in [-0.39, 0.29) is 11.8 Å². The van der Waals surface area contributed by atoms with Crippen molar-refractivity contribution in [1.82, 2.24) is 10.2 Å². The average molecular weight is 262 g/mol. The molecule has 1 saturated heterocycles. The Morgan fingerprint density at radius 1 is 1.53 bits per heavy atom. The molecule has 4 nitrogen and oxygen atoms in total. The van der Waals surface area contributed by atoms with Crippen LogP contribution in [-0.2, 0) is 11.3 Å². The van der Waals surface area contributed by atoms with Gasteiger partial charge in [-0.15, -0.1) is 0 Å². The summed E-state index contributed by atoms with van der Waals surface area (Å²) in [6.45, 7) is 4.39. The van der Waals surface area contributed by atoms with E-state index in [9.17, 15) is 4.79 Å². The molecule has 19 heavy (non-hydrogen) atoms. The maximum Gasteiger partial charge on any atom is 0.227 e. The number of nitrogens with one attached hydrogen (secondary N) is 1. The lowest BCUT2D eigenvalue weighted by Gasteiger charge is -2.22. The van der Waals surface area contributed by atoms with Gasteiger partial charge in [-0.1, -0.05) is 17.7 Å². The molecule has 0 radical (unpaired) electrons. The molecule has 104 valence electrons. The number of methoxy groups -OCH3 is 1. The van der Waals surface area contributed by atoms with Gasteiger partial charge in [0.2, 0.25) is 5.91 Å². The van der Waals surface area contributed by atoms with Crippen molar-refractivity contribution in [1.29, 1.82) is 0 Å². The summed E-state index contributed by atoms with van der Waals surface area (Å²) in [5.74, 6) is 1.18. The monoisotopic (exact) mass is 262 g/mol. The second-order valence-electron chi connectivity index (χ2n) is 5.20. The van der Waals surface area contributed by atoms with E-state index in [1.165, 1.54) is 5.56 Å². The lowest BCUT2D eigenvalue weighted by atomic mass is 10.1. The van der Waals surface area contributed by atoms with Crippen LogP contribution >= 0.6 is 0 Å². The number of hydrogen-bond acceptors (Lipinski definition) is 3. The molecule has 0 saturated carbocycles. The zero-order valence-corrected chi connectivity index (χ0v) is 11.9. The van der Waals surface area contributed by atoms with Crippen molar-refractivity contribution in [3.63, 3.8) is 0 Å². The molecular weight excluding hydrogens is 240 g/mol. The predicted octanol–water partition coefficient (Wildman–Crippen LogP) is 1.57. The van der Waals surface area contributed by atoms with Gasteiger partial charge in [-0.2, -0.15) is 0 Å². The summed E-state index contributed by atoms with van der Waals surface area (Å²) < 4.78 is 5.36. The zero-order valence-electron chi connectivity index (χ0n) is 11.9. The van der Waals surface area contributed by atoms with Crippen LogP contribution in [0.3, 0.4) is 0 Å². The van der Waals surface area contributed by atoms with Crippen LogP contribution in [0.1, 0.15) is 17.5 Å². The topological polar surface area (TPSA) is 41.6 Å². The minimum absolute atomic E-state index is 0.126. The van der Waals surface area contributed by atoms with Crippen molar-refractivity contribution in [2.45, 2.75) is 19.9 Å². The number of benzene rings is 1. The Morgan fingerprint density at radius 2 is 2.32 bits per heavy atom. The molecule has 1 unspecified atom stereocenters. The number of aryl methyl sites for hydroxylation is 1. The van der Waals surface area contributed by atoms with Crippen LogP contribution in [0.5, 0.6) is 5.75 Å². The Kier molecular flexibility index (Phi) is 4.43. The maximum absolute atomic E-state index is 12.3. The van der Waals surface area contributed by atoms with E-state index in [1.807, 2.05) is 26.1 Å². The van der Waals surface area contributed by atoms with Gasteiger partial charge in [-0.05, 0) is 26.0 Å². The van der Waals surface area contributed by atoms with Crippen molar-refractivity contribution in [3.8, 4) is 5.75 Å². The van der Waals surface area contributed by atoms with Gasteiger partial charge in [0.1, 0.15) is 5.75 Å². The summed E-state index contributed by atoms with van der Waals surface area (Å²) in [7, 11) is 3.53. The fourth-order valence-corrected chi connectivity index (χ4v) is 2.54. The fraction of sp³-hybridized carbons (Fsp3) is 0.533. The SMILES string of the molecule is COc1ccc(C)cc1CN(C)C(=O)C1CCNC1. The van der Waals surface area contributed by atoms with Crippen LogP contribution in [0.2, 0.25) is 0 Å². The first-order valence-corrected chi connectivity index (χ1v) is 6.71. The Morgan fingerprint density at radius 3 is 2.95 bits per heavy atom. The molecule has 1 fully saturated rings. The predicted molar refractivity (Wildman–Crippen MR) is 75.2 cm³/mol. The molecule has 0 bridgehead atoms. The first kappa shape index (κ1) is 13.9. The Balaban J connectivity index is 2.07. The van der Waals surface area contributed by atoms with Crippen LogP contribution in [0, 0.1) is 12.8 Å². The highest BCUT2D eigenvalue weighted by Crippen LogP contribution is 2.22. The summed E-state index contributed by atoms with van der Waals surface area (Å²) in [5, 5.41) is 3.23. The second-order valence-corrected chi connectivity index (χ2v) is 5.20. The molecule has 2 rings (SSSR count). The molecule has 1 aliphatic heterocycles. The summed E-state index contributed by atoms with van der Waals surface area (Å²) >= 11 is 0. The van der Waals surface area contributed by atoms with E-state index in [0.29, 0.717) is 6.54 Å². The number of nitrogens with zero attached hydrogens (tertiary/aromatic N) is 1. The van der Waals surface area contributed by atoms with Crippen molar-refractivity contribution in [2.24, 2.45) is 5.92 Å². The van der Waals surface area contributed by atoms with E-state index in [1.54, 1.807) is 12.0 Å². The molecular formula is C15H22N2O2. The zero-order chi connectivity index (χ0) is 13.8. The maximum atomic E-state index is 12.3. The summed E-state index contributed by atoms with van der Waals surface area (Å²) in [5.41, 5.74) is 2.24. The van der Waals surface area contributed by atoms with E-state index < -0.39 is 0 Å². The van der Waals surface area contributed by atoms with Gasteiger partial charge in [-0.3, -0.25) is 4.79 Å². The van der Waals surface area contributed by atoms with Gasteiger partial charge >= 0.3 is 0 Å². The van der Waals surface area contributed by atoms with Crippen LogP contribution in [0.25, 0.3) is 0 Å². The molecule has 0 spiro atoms. The number of carbonyl (C=O) groups excluding carboxylic acids is 1. The Bertz CT molecular complexity index is 453. The van der Waals surface area contributed by atoms with Crippen LogP contribution in [-0.4, -0.2) is 38.1 Å². The van der Waals surface area contributed by atoms with Gasteiger partial charge in [0.15, 0.2) is 0 Å². The van der Waals surface area contributed by atoms with Crippen molar-refractivity contribution in [3.05, 3.63) is 29.3 Å². The van der Waals surface area contributed by atoms with Crippen LogP contribution < -0.4 is 10.1 Å². The highest BCUT2D eigenvalue weighted by Gasteiger charge is 2.25. The van der Waals surface area contributed by atoms with Gasteiger partial charge in [0, 0.05) is 25.7 Å². The third-order valence-corrected chi connectivity index (χ3v) is 3.63. The van der Waals surface area contributed by atoms with Crippen LogP contribution in [0.4, 0.5) is 0 Å². The minimum Gasteiger partial charge on any atom is -0.496 e. The molecule has 1 aromatic carbocycles. The molecule has 1 N–H and O–H groups in total. The third-order valence-electron chi connectivity index (χ3n) is 3.63. The van der Waals surface area contributed by atoms with Crippen LogP contribution in [0.15, 0.2) is 18.2 Å². The first-order chi connectivity index (χ1) is 9.11.